The Hall–Kier alpha value is -1.93. The van der Waals surface area contributed by atoms with Gasteiger partial charge in [0.2, 0.25) is 0 Å². The molecule has 1 unspecified atom stereocenters. The number of hydrogen-bond acceptors (Lipinski definition) is 5. The summed E-state index contributed by atoms with van der Waals surface area (Å²) in [5.74, 6) is -1.08. The number of aryl methyl sites for hydroxylation is 1. The first-order chi connectivity index (χ1) is 10.1. The predicted octanol–water partition coefficient (Wildman–Crippen LogP) is 2.18. The summed E-state index contributed by atoms with van der Waals surface area (Å²) in [6, 6.07) is 1.91. The van der Waals surface area contributed by atoms with Crippen LogP contribution in [0.2, 0.25) is 0 Å². The maximum absolute atomic E-state index is 11.7. The maximum atomic E-state index is 11.7. The predicted molar refractivity (Wildman–Crippen MR) is 81.8 cm³/mol. The highest BCUT2D eigenvalue weighted by atomic mass is 32.1. The summed E-state index contributed by atoms with van der Waals surface area (Å²) in [4.78, 5) is 27.8. The Balaban J connectivity index is 1.81. The molecule has 0 aromatic carbocycles. The number of nitrogens with one attached hydrogen (secondary N) is 2. The zero-order valence-corrected chi connectivity index (χ0v) is 13.0. The molecule has 0 aliphatic rings. The maximum Gasteiger partial charge on any atom is 0.331 e. The topological polar surface area (TPSA) is 91.3 Å². The number of urea groups is 1. The van der Waals surface area contributed by atoms with Gasteiger partial charge in [-0.3, -0.25) is 0 Å². The minimum atomic E-state index is -1.08. The van der Waals surface area contributed by atoms with Crippen LogP contribution in [0.4, 0.5) is 4.79 Å². The lowest BCUT2D eigenvalue weighted by Crippen LogP contribution is -2.41. The van der Waals surface area contributed by atoms with Gasteiger partial charge in [0.05, 0.1) is 10.7 Å². The second-order valence-electron chi connectivity index (χ2n) is 4.29. The molecule has 2 rings (SSSR count). The summed E-state index contributed by atoms with van der Waals surface area (Å²) in [7, 11) is 0. The lowest BCUT2D eigenvalue weighted by molar-refractivity contribution is -0.139. The molecule has 6 nitrogen and oxygen atoms in total. The molecule has 2 amide bonds. The van der Waals surface area contributed by atoms with Gasteiger partial charge >= 0.3 is 12.0 Å². The molecule has 0 spiro atoms. The second kappa shape index (κ2) is 7.19. The first-order valence-corrected chi connectivity index (χ1v) is 8.04. The number of aliphatic carboxylic acids is 1. The zero-order valence-electron chi connectivity index (χ0n) is 11.3. The average molecular weight is 325 g/mol. The normalized spacial score (nSPS) is 11.9. The highest BCUT2D eigenvalue weighted by Crippen LogP contribution is 2.18. The van der Waals surface area contributed by atoms with Crippen molar-refractivity contribution < 1.29 is 14.7 Å². The van der Waals surface area contributed by atoms with E-state index in [4.69, 9.17) is 5.11 Å². The molecular formula is C13H15N3O3S2. The van der Waals surface area contributed by atoms with Crippen LogP contribution >= 0.6 is 22.7 Å². The van der Waals surface area contributed by atoms with E-state index >= 15 is 0 Å². The van der Waals surface area contributed by atoms with Crippen molar-refractivity contribution in [3.05, 3.63) is 38.5 Å². The fraction of sp³-hybridized carbons (Fsp3) is 0.308. The third-order valence-electron chi connectivity index (χ3n) is 2.68. The molecule has 0 fully saturated rings. The minimum Gasteiger partial charge on any atom is -0.479 e. The van der Waals surface area contributed by atoms with Crippen molar-refractivity contribution in [1.82, 2.24) is 15.6 Å². The van der Waals surface area contributed by atoms with Gasteiger partial charge in [0.25, 0.3) is 0 Å². The highest BCUT2D eigenvalue weighted by Gasteiger charge is 2.22. The van der Waals surface area contributed by atoms with Crippen LogP contribution in [0, 0.1) is 6.92 Å². The lowest BCUT2D eigenvalue weighted by Gasteiger charge is -2.13. The van der Waals surface area contributed by atoms with Crippen LogP contribution < -0.4 is 10.6 Å². The number of nitrogens with zero attached hydrogens (tertiary/aromatic N) is 1. The molecule has 0 radical (unpaired) electrons. The van der Waals surface area contributed by atoms with E-state index in [1.165, 1.54) is 11.3 Å². The third kappa shape index (κ3) is 4.54. The lowest BCUT2D eigenvalue weighted by atomic mass is 10.2. The van der Waals surface area contributed by atoms with E-state index in [1.807, 2.05) is 12.3 Å². The van der Waals surface area contributed by atoms with Crippen molar-refractivity contribution in [3.63, 3.8) is 0 Å². The molecule has 0 bridgehead atoms. The van der Waals surface area contributed by atoms with Gasteiger partial charge in [-0.2, -0.15) is 0 Å². The van der Waals surface area contributed by atoms with Crippen LogP contribution in [0.25, 0.3) is 0 Å². The Bertz CT molecular complexity index is 610. The van der Waals surface area contributed by atoms with Crippen LogP contribution in [-0.4, -0.2) is 28.6 Å². The molecule has 21 heavy (non-hydrogen) atoms. The molecule has 2 aromatic rings. The number of carboxylic acids is 1. The summed E-state index contributed by atoms with van der Waals surface area (Å²) in [6.07, 6.45) is 0.620. The first-order valence-electron chi connectivity index (χ1n) is 6.28. The van der Waals surface area contributed by atoms with Gasteiger partial charge in [-0.1, -0.05) is 6.07 Å². The average Bonchev–Trinajstić information content (AvgIpc) is 3.07. The van der Waals surface area contributed by atoms with Crippen LogP contribution in [0.3, 0.4) is 0 Å². The van der Waals surface area contributed by atoms with Crippen molar-refractivity contribution in [2.45, 2.75) is 19.4 Å². The first kappa shape index (κ1) is 15.5. The van der Waals surface area contributed by atoms with E-state index in [9.17, 15) is 9.59 Å². The van der Waals surface area contributed by atoms with E-state index < -0.39 is 18.0 Å². The van der Waals surface area contributed by atoms with Gasteiger partial charge < -0.3 is 15.7 Å². The van der Waals surface area contributed by atoms with E-state index in [0.717, 1.165) is 10.7 Å². The molecular weight excluding hydrogens is 310 g/mol. The van der Waals surface area contributed by atoms with Crippen molar-refractivity contribution in [3.8, 4) is 0 Å². The van der Waals surface area contributed by atoms with Gasteiger partial charge in [0.15, 0.2) is 6.04 Å². The van der Waals surface area contributed by atoms with Crippen molar-refractivity contribution in [2.24, 2.45) is 0 Å². The number of thiophene rings is 1. The molecule has 0 saturated heterocycles. The molecule has 2 aromatic heterocycles. The summed E-state index contributed by atoms with van der Waals surface area (Å²) in [5, 5.41) is 19.0. The number of rotatable bonds is 6. The number of carbonyl (C=O) groups is 2. The molecule has 8 heteroatoms. The zero-order chi connectivity index (χ0) is 15.2. The summed E-state index contributed by atoms with van der Waals surface area (Å²) in [6.45, 7) is 2.33. The van der Waals surface area contributed by atoms with Crippen LogP contribution in [0.1, 0.15) is 21.6 Å². The monoisotopic (exact) mass is 325 g/mol. The fourth-order valence-electron chi connectivity index (χ4n) is 1.72. The smallest absolute Gasteiger partial charge is 0.331 e. The molecule has 0 aliphatic carbocycles. The highest BCUT2D eigenvalue weighted by molar-refractivity contribution is 7.10. The Morgan fingerprint density at radius 2 is 2.24 bits per heavy atom. The summed E-state index contributed by atoms with van der Waals surface area (Å²) in [5.41, 5.74) is 0.922. The summed E-state index contributed by atoms with van der Waals surface area (Å²) >= 11 is 2.85. The quantitative estimate of drug-likeness (QED) is 0.759. The number of thiazole rings is 1. The Labute approximate surface area is 129 Å². The van der Waals surface area contributed by atoms with E-state index in [0.29, 0.717) is 17.8 Å². The van der Waals surface area contributed by atoms with Crippen LogP contribution in [0.5, 0.6) is 0 Å². The van der Waals surface area contributed by atoms with Gasteiger partial charge in [0, 0.05) is 23.2 Å². The van der Waals surface area contributed by atoms with E-state index in [2.05, 4.69) is 15.6 Å². The molecule has 0 aliphatic heterocycles. The number of amides is 2. The Kier molecular flexibility index (Phi) is 5.29. The van der Waals surface area contributed by atoms with E-state index in [-0.39, 0.29) is 0 Å². The van der Waals surface area contributed by atoms with Crippen molar-refractivity contribution >= 4 is 34.7 Å². The Morgan fingerprint density at radius 3 is 2.81 bits per heavy atom. The molecule has 112 valence electrons. The van der Waals surface area contributed by atoms with Crippen LogP contribution in [-0.2, 0) is 11.2 Å². The molecule has 2 heterocycles. The molecule has 1 atom stereocenters. The summed E-state index contributed by atoms with van der Waals surface area (Å²) < 4.78 is 0. The van der Waals surface area contributed by atoms with Gasteiger partial charge in [-0.25, -0.2) is 14.6 Å². The second-order valence-corrected chi connectivity index (χ2v) is 6.34. The van der Waals surface area contributed by atoms with Gasteiger partial charge in [-0.15, -0.1) is 22.7 Å². The number of carbonyl (C=O) groups excluding carboxylic acids is 1. The standard InChI is InChI=1S/C13H15N3O3S2/c1-8-15-9(7-21-8)4-5-14-13(19)16-11(12(17)18)10-3-2-6-20-10/h2-3,6-7,11H,4-5H2,1H3,(H,17,18)(H2,14,16,19). The number of carboxylic acid groups (broad SMARTS) is 1. The SMILES string of the molecule is Cc1nc(CCNC(=O)NC(C(=O)O)c2cccs2)cs1. The van der Waals surface area contributed by atoms with Crippen LogP contribution in [0.15, 0.2) is 22.9 Å². The van der Waals surface area contributed by atoms with E-state index in [1.54, 1.807) is 28.8 Å². The Morgan fingerprint density at radius 1 is 1.43 bits per heavy atom. The van der Waals surface area contributed by atoms with Gasteiger partial charge in [0.1, 0.15) is 0 Å². The van der Waals surface area contributed by atoms with Gasteiger partial charge in [-0.05, 0) is 18.4 Å². The third-order valence-corrected chi connectivity index (χ3v) is 4.44. The fourth-order valence-corrected chi connectivity index (χ4v) is 3.13. The largest absolute Gasteiger partial charge is 0.479 e. The number of aromatic nitrogens is 1. The number of hydrogen-bond donors (Lipinski definition) is 3. The molecule has 3 N–H and O–H groups in total. The minimum absolute atomic E-state index is 0.409. The van der Waals surface area contributed by atoms with Crippen molar-refractivity contribution in [2.75, 3.05) is 6.54 Å². The molecule has 0 saturated carbocycles. The van der Waals surface area contributed by atoms with Crippen molar-refractivity contribution in [1.29, 1.82) is 0 Å².